The Labute approximate surface area is 98.4 Å². The number of rotatable bonds is 5. The lowest BCUT2D eigenvalue weighted by molar-refractivity contribution is -0.385. The second-order valence-corrected chi connectivity index (χ2v) is 4.24. The molecule has 1 aromatic rings. The Morgan fingerprint density at radius 3 is 2.71 bits per heavy atom. The van der Waals surface area contributed by atoms with Gasteiger partial charge in [0, 0.05) is 11.5 Å². The van der Waals surface area contributed by atoms with Gasteiger partial charge in [-0.2, -0.15) is 0 Å². The zero-order chi connectivity index (χ0) is 12.5. The van der Waals surface area contributed by atoms with Gasteiger partial charge >= 0.3 is 5.69 Å². The van der Waals surface area contributed by atoms with Crippen molar-refractivity contribution in [3.8, 4) is 5.75 Å². The normalized spacial score (nSPS) is 16.6. The van der Waals surface area contributed by atoms with E-state index in [1.54, 1.807) is 12.1 Å². The number of hydrogen-bond donors (Lipinski definition) is 1. The maximum atomic E-state index is 10.8. The van der Waals surface area contributed by atoms with Crippen LogP contribution in [0.3, 0.4) is 0 Å². The van der Waals surface area contributed by atoms with Crippen LogP contribution in [-0.4, -0.2) is 18.6 Å². The Balaban J connectivity index is 2.35. The van der Waals surface area contributed by atoms with Gasteiger partial charge in [-0.25, -0.2) is 5.90 Å². The predicted octanol–water partition coefficient (Wildman–Crippen LogP) is 1.53. The molecular weight excluding hydrogens is 224 g/mol. The highest BCUT2D eigenvalue weighted by atomic mass is 16.6. The fourth-order valence-electron chi connectivity index (χ4n) is 1.99. The molecule has 0 amide bonds. The van der Waals surface area contributed by atoms with Gasteiger partial charge in [0.2, 0.25) is 0 Å². The lowest BCUT2D eigenvalue weighted by Gasteiger charge is -2.14. The maximum absolute atomic E-state index is 10.8. The maximum Gasteiger partial charge on any atom is 0.310 e. The van der Waals surface area contributed by atoms with Crippen LogP contribution in [0.2, 0.25) is 0 Å². The van der Waals surface area contributed by atoms with E-state index in [9.17, 15) is 10.1 Å². The lowest BCUT2D eigenvalue weighted by Crippen LogP contribution is -2.18. The van der Waals surface area contributed by atoms with Gasteiger partial charge in [0.1, 0.15) is 0 Å². The second-order valence-electron chi connectivity index (χ2n) is 4.24. The van der Waals surface area contributed by atoms with E-state index in [0.717, 1.165) is 18.4 Å². The Bertz CT molecular complexity index is 443. The van der Waals surface area contributed by atoms with Gasteiger partial charge in [0.15, 0.2) is 5.75 Å². The van der Waals surface area contributed by atoms with E-state index in [1.807, 2.05) is 0 Å². The number of nitrogens with two attached hydrogens (primary N) is 1. The second kappa shape index (κ2) is 4.31. The first-order valence-electron chi connectivity index (χ1n) is 5.27. The number of nitrogens with zero attached hydrogens (tertiary/aromatic N) is 1. The molecular formula is C11H14N2O4. The Morgan fingerprint density at radius 1 is 1.53 bits per heavy atom. The zero-order valence-corrected chi connectivity index (χ0v) is 9.51. The molecule has 0 aliphatic heterocycles. The highest BCUT2D eigenvalue weighted by Gasteiger charge is 2.45. The van der Waals surface area contributed by atoms with Crippen LogP contribution < -0.4 is 10.6 Å². The van der Waals surface area contributed by atoms with Gasteiger partial charge in [-0.05, 0) is 24.5 Å². The van der Waals surface area contributed by atoms with Crippen molar-refractivity contribution in [1.29, 1.82) is 0 Å². The van der Waals surface area contributed by atoms with Crippen molar-refractivity contribution >= 4 is 5.69 Å². The summed E-state index contributed by atoms with van der Waals surface area (Å²) < 4.78 is 5.03. The van der Waals surface area contributed by atoms with Crippen LogP contribution in [0.1, 0.15) is 18.4 Å². The summed E-state index contributed by atoms with van der Waals surface area (Å²) in [6.45, 7) is 0.425. The number of ether oxygens (including phenoxy) is 1. The summed E-state index contributed by atoms with van der Waals surface area (Å²) in [6.07, 6.45) is 1.95. The SMILES string of the molecule is COc1cc(C2(CON)CC2)ccc1[N+](=O)[O-]. The molecule has 0 aromatic heterocycles. The Kier molecular flexibility index (Phi) is 2.99. The van der Waals surface area contributed by atoms with Crippen LogP contribution in [0.4, 0.5) is 5.69 Å². The molecule has 2 rings (SSSR count). The van der Waals surface area contributed by atoms with E-state index in [-0.39, 0.29) is 16.9 Å². The van der Waals surface area contributed by atoms with Crippen LogP contribution in [0.25, 0.3) is 0 Å². The summed E-state index contributed by atoms with van der Waals surface area (Å²) in [4.78, 5) is 15.0. The summed E-state index contributed by atoms with van der Waals surface area (Å²) in [5.74, 6) is 5.38. The monoisotopic (exact) mass is 238 g/mol. The summed E-state index contributed by atoms with van der Waals surface area (Å²) >= 11 is 0. The first kappa shape index (κ1) is 11.8. The molecule has 0 spiro atoms. The number of nitro groups is 1. The summed E-state index contributed by atoms with van der Waals surface area (Å²) in [7, 11) is 1.42. The molecule has 0 saturated heterocycles. The van der Waals surface area contributed by atoms with E-state index < -0.39 is 4.92 Å². The minimum atomic E-state index is -0.457. The van der Waals surface area contributed by atoms with Gasteiger partial charge in [-0.1, -0.05) is 6.07 Å². The number of methoxy groups -OCH3 is 1. The summed E-state index contributed by atoms with van der Waals surface area (Å²) in [5, 5.41) is 10.8. The third-order valence-electron chi connectivity index (χ3n) is 3.20. The molecule has 2 N–H and O–H groups in total. The fourth-order valence-corrected chi connectivity index (χ4v) is 1.99. The van der Waals surface area contributed by atoms with Crippen LogP contribution in [0.15, 0.2) is 18.2 Å². The third-order valence-corrected chi connectivity index (χ3v) is 3.20. The molecule has 0 bridgehead atoms. The van der Waals surface area contributed by atoms with Crippen molar-refractivity contribution in [3.05, 3.63) is 33.9 Å². The third kappa shape index (κ3) is 2.09. The Morgan fingerprint density at radius 2 is 2.24 bits per heavy atom. The number of hydrogen-bond acceptors (Lipinski definition) is 5. The average molecular weight is 238 g/mol. The largest absolute Gasteiger partial charge is 0.490 e. The fraction of sp³-hybridized carbons (Fsp3) is 0.455. The van der Waals surface area contributed by atoms with E-state index in [0.29, 0.717) is 6.61 Å². The molecule has 0 radical (unpaired) electrons. The molecule has 1 aromatic carbocycles. The Hall–Kier alpha value is -1.66. The molecule has 1 aliphatic carbocycles. The van der Waals surface area contributed by atoms with Crippen molar-refractivity contribution in [2.24, 2.45) is 5.90 Å². The van der Waals surface area contributed by atoms with E-state index in [1.165, 1.54) is 13.2 Å². The molecule has 17 heavy (non-hydrogen) atoms. The van der Waals surface area contributed by atoms with E-state index in [2.05, 4.69) is 0 Å². The quantitative estimate of drug-likeness (QED) is 0.620. The molecule has 6 nitrogen and oxygen atoms in total. The van der Waals surface area contributed by atoms with E-state index >= 15 is 0 Å². The van der Waals surface area contributed by atoms with Crippen molar-refractivity contribution in [1.82, 2.24) is 0 Å². The molecule has 0 unspecified atom stereocenters. The lowest BCUT2D eigenvalue weighted by atomic mass is 9.96. The molecule has 0 atom stereocenters. The number of nitro benzene ring substituents is 1. The molecule has 6 heteroatoms. The van der Waals surface area contributed by atoms with Gasteiger partial charge in [0.05, 0.1) is 18.6 Å². The first-order chi connectivity index (χ1) is 8.13. The molecule has 92 valence electrons. The van der Waals surface area contributed by atoms with Crippen LogP contribution in [0.5, 0.6) is 5.75 Å². The smallest absolute Gasteiger partial charge is 0.310 e. The molecule has 1 aliphatic rings. The summed E-state index contributed by atoms with van der Waals surface area (Å²) in [5.41, 5.74) is 0.864. The highest BCUT2D eigenvalue weighted by molar-refractivity contribution is 5.51. The highest BCUT2D eigenvalue weighted by Crippen LogP contribution is 2.49. The van der Waals surface area contributed by atoms with Crippen molar-refractivity contribution in [2.45, 2.75) is 18.3 Å². The van der Waals surface area contributed by atoms with Gasteiger partial charge in [0.25, 0.3) is 0 Å². The first-order valence-corrected chi connectivity index (χ1v) is 5.27. The van der Waals surface area contributed by atoms with Crippen LogP contribution >= 0.6 is 0 Å². The average Bonchev–Trinajstić information content (AvgIpc) is 3.09. The van der Waals surface area contributed by atoms with E-state index in [4.69, 9.17) is 15.5 Å². The molecule has 1 fully saturated rings. The van der Waals surface area contributed by atoms with Crippen molar-refractivity contribution in [3.63, 3.8) is 0 Å². The van der Waals surface area contributed by atoms with Crippen molar-refractivity contribution in [2.75, 3.05) is 13.7 Å². The van der Waals surface area contributed by atoms with Gasteiger partial charge in [-0.3, -0.25) is 10.1 Å². The summed E-state index contributed by atoms with van der Waals surface area (Å²) in [6, 6.07) is 4.90. The standard InChI is InChI=1S/C11H14N2O4/c1-16-10-6-8(2-3-9(10)13(14)15)11(4-5-11)7-17-12/h2-3,6H,4-5,7,12H2,1H3. The minimum Gasteiger partial charge on any atom is -0.490 e. The van der Waals surface area contributed by atoms with Crippen LogP contribution in [0, 0.1) is 10.1 Å². The molecule has 1 saturated carbocycles. The number of benzene rings is 1. The predicted molar refractivity (Wildman–Crippen MR) is 60.7 cm³/mol. The minimum absolute atomic E-state index is 0.0271. The topological polar surface area (TPSA) is 87.6 Å². The van der Waals surface area contributed by atoms with Gasteiger partial charge < -0.3 is 9.57 Å². The van der Waals surface area contributed by atoms with Gasteiger partial charge in [-0.15, -0.1) is 0 Å². The van der Waals surface area contributed by atoms with Crippen molar-refractivity contribution < 1.29 is 14.5 Å². The van der Waals surface area contributed by atoms with Crippen LogP contribution in [-0.2, 0) is 10.3 Å². The molecule has 0 heterocycles. The zero-order valence-electron chi connectivity index (χ0n) is 9.51.